The molecular weight excluding hydrogens is 447 g/mol. The maximum Gasteiger partial charge on any atom is 0.253 e. The Balaban J connectivity index is 1.34. The smallest absolute Gasteiger partial charge is 0.253 e. The molecular formula is C28H27FN2O4. The number of hydrogen-bond donors (Lipinski definition) is 1. The number of hydrogen-bond acceptors (Lipinski definition) is 4. The average molecular weight is 475 g/mol. The number of likely N-dealkylation sites (tertiary alicyclic amines) is 1. The highest BCUT2D eigenvalue weighted by molar-refractivity contribution is 5.94. The van der Waals surface area contributed by atoms with Crippen molar-refractivity contribution in [2.75, 3.05) is 19.9 Å². The van der Waals surface area contributed by atoms with E-state index in [9.17, 15) is 14.0 Å². The highest BCUT2D eigenvalue weighted by atomic mass is 19.1. The summed E-state index contributed by atoms with van der Waals surface area (Å²) in [5.74, 6) is 0.415. The lowest BCUT2D eigenvalue weighted by molar-refractivity contribution is -0.126. The summed E-state index contributed by atoms with van der Waals surface area (Å²) in [6.07, 6.45) is 0.580. The van der Waals surface area contributed by atoms with Crippen molar-refractivity contribution in [2.45, 2.75) is 25.8 Å². The SMILES string of the molecule is Cc1cc([C@H]2C[C@@H](C(=O)NCc3ccc4c(c3)OCO4)CN(C(=O)c3ccccc3)C2)ccc1F. The average Bonchev–Trinajstić information content (AvgIpc) is 3.36. The number of aryl methyl sites for hydroxylation is 1. The van der Waals surface area contributed by atoms with Crippen LogP contribution >= 0.6 is 0 Å². The minimum Gasteiger partial charge on any atom is -0.454 e. The fourth-order valence-corrected chi connectivity index (χ4v) is 4.77. The van der Waals surface area contributed by atoms with Crippen LogP contribution in [-0.2, 0) is 11.3 Å². The summed E-state index contributed by atoms with van der Waals surface area (Å²) < 4.78 is 24.7. The lowest BCUT2D eigenvalue weighted by Crippen LogP contribution is -2.48. The summed E-state index contributed by atoms with van der Waals surface area (Å²) in [6.45, 7) is 3.08. The van der Waals surface area contributed by atoms with Gasteiger partial charge in [0, 0.05) is 31.1 Å². The van der Waals surface area contributed by atoms with E-state index >= 15 is 0 Å². The molecule has 0 saturated carbocycles. The molecule has 0 aromatic heterocycles. The number of carbonyl (C=O) groups excluding carboxylic acids is 2. The molecule has 0 spiro atoms. The van der Waals surface area contributed by atoms with Crippen molar-refractivity contribution in [2.24, 2.45) is 5.92 Å². The van der Waals surface area contributed by atoms with Crippen LogP contribution in [0.5, 0.6) is 11.5 Å². The topological polar surface area (TPSA) is 67.9 Å². The van der Waals surface area contributed by atoms with Gasteiger partial charge in [0.05, 0.1) is 5.92 Å². The van der Waals surface area contributed by atoms with Gasteiger partial charge < -0.3 is 19.7 Å². The first-order chi connectivity index (χ1) is 17.0. The van der Waals surface area contributed by atoms with Gasteiger partial charge in [-0.25, -0.2) is 4.39 Å². The Labute approximate surface area is 203 Å². The van der Waals surface area contributed by atoms with Crippen LogP contribution in [0.3, 0.4) is 0 Å². The molecule has 0 aliphatic carbocycles. The van der Waals surface area contributed by atoms with E-state index in [2.05, 4.69) is 5.32 Å². The zero-order chi connectivity index (χ0) is 24.4. The van der Waals surface area contributed by atoms with Gasteiger partial charge in [-0.05, 0) is 60.4 Å². The molecule has 2 heterocycles. The molecule has 5 rings (SSSR count). The van der Waals surface area contributed by atoms with E-state index in [4.69, 9.17) is 9.47 Å². The summed E-state index contributed by atoms with van der Waals surface area (Å²) in [5.41, 5.74) is 2.98. The highest BCUT2D eigenvalue weighted by Crippen LogP contribution is 2.34. The second-order valence-corrected chi connectivity index (χ2v) is 9.12. The second-order valence-electron chi connectivity index (χ2n) is 9.12. The lowest BCUT2D eigenvalue weighted by atomic mass is 9.83. The van der Waals surface area contributed by atoms with Crippen molar-refractivity contribution in [3.05, 3.63) is 94.8 Å². The van der Waals surface area contributed by atoms with Crippen LogP contribution in [0.2, 0.25) is 0 Å². The van der Waals surface area contributed by atoms with Crippen molar-refractivity contribution < 1.29 is 23.5 Å². The molecule has 3 aromatic carbocycles. The molecule has 2 aliphatic rings. The third-order valence-electron chi connectivity index (χ3n) is 6.69. The van der Waals surface area contributed by atoms with Gasteiger partial charge in [-0.3, -0.25) is 9.59 Å². The third-order valence-corrected chi connectivity index (χ3v) is 6.69. The van der Waals surface area contributed by atoms with Crippen LogP contribution in [-0.4, -0.2) is 36.6 Å². The Hall–Kier alpha value is -3.87. The molecule has 1 fully saturated rings. The van der Waals surface area contributed by atoms with E-state index in [1.54, 1.807) is 30.0 Å². The number of amides is 2. The minimum atomic E-state index is -0.388. The van der Waals surface area contributed by atoms with Crippen LogP contribution in [0.25, 0.3) is 0 Å². The van der Waals surface area contributed by atoms with E-state index in [-0.39, 0.29) is 36.3 Å². The van der Waals surface area contributed by atoms with Gasteiger partial charge in [-0.2, -0.15) is 0 Å². The molecule has 1 saturated heterocycles. The molecule has 2 amide bonds. The van der Waals surface area contributed by atoms with Gasteiger partial charge >= 0.3 is 0 Å². The predicted octanol–water partition coefficient (Wildman–Crippen LogP) is 4.43. The van der Waals surface area contributed by atoms with Crippen molar-refractivity contribution >= 4 is 11.8 Å². The Morgan fingerprint density at radius 1 is 1.00 bits per heavy atom. The van der Waals surface area contributed by atoms with Crippen LogP contribution < -0.4 is 14.8 Å². The van der Waals surface area contributed by atoms with Gasteiger partial charge in [-0.1, -0.05) is 36.4 Å². The number of nitrogens with one attached hydrogen (secondary N) is 1. The maximum atomic E-state index is 13.9. The van der Waals surface area contributed by atoms with E-state index in [0.717, 1.165) is 11.1 Å². The number of ether oxygens (including phenoxy) is 2. The number of rotatable bonds is 5. The summed E-state index contributed by atoms with van der Waals surface area (Å²) in [5, 5.41) is 3.02. The van der Waals surface area contributed by atoms with Gasteiger partial charge in [-0.15, -0.1) is 0 Å². The van der Waals surface area contributed by atoms with Gasteiger partial charge in [0.2, 0.25) is 12.7 Å². The summed E-state index contributed by atoms with van der Waals surface area (Å²) in [6, 6.07) is 19.7. The fourth-order valence-electron chi connectivity index (χ4n) is 4.77. The van der Waals surface area contributed by atoms with E-state index in [0.29, 0.717) is 48.7 Å². The van der Waals surface area contributed by atoms with Gasteiger partial charge in [0.1, 0.15) is 5.82 Å². The Bertz CT molecular complexity index is 1250. The molecule has 0 unspecified atom stereocenters. The number of piperidine rings is 1. The fraction of sp³-hybridized carbons (Fsp3) is 0.286. The van der Waals surface area contributed by atoms with Crippen LogP contribution in [0, 0.1) is 18.7 Å². The molecule has 2 aliphatic heterocycles. The standard InChI is InChI=1S/C28H27FN2O4/c1-18-11-21(8-9-24(18)29)22-13-23(16-31(15-22)28(33)20-5-3-2-4-6-20)27(32)30-14-19-7-10-25-26(12-19)35-17-34-25/h2-12,22-23H,13-17H2,1H3,(H,30,32)/t22-,23+/m0/s1. The first-order valence-electron chi connectivity index (χ1n) is 11.7. The van der Waals surface area contributed by atoms with Crippen LogP contribution in [0.15, 0.2) is 66.7 Å². The van der Waals surface area contributed by atoms with Crippen molar-refractivity contribution in [1.29, 1.82) is 0 Å². The molecule has 7 heteroatoms. The molecule has 1 N–H and O–H groups in total. The first-order valence-corrected chi connectivity index (χ1v) is 11.7. The third kappa shape index (κ3) is 4.99. The molecule has 3 aromatic rings. The molecule has 6 nitrogen and oxygen atoms in total. The Morgan fingerprint density at radius 2 is 1.80 bits per heavy atom. The normalized spacial score (nSPS) is 18.9. The van der Waals surface area contributed by atoms with E-state index in [1.165, 1.54) is 6.07 Å². The van der Waals surface area contributed by atoms with E-state index < -0.39 is 0 Å². The summed E-state index contributed by atoms with van der Waals surface area (Å²) >= 11 is 0. The molecule has 0 radical (unpaired) electrons. The number of nitrogens with zero attached hydrogens (tertiary/aromatic N) is 1. The van der Waals surface area contributed by atoms with Crippen molar-refractivity contribution in [3.8, 4) is 11.5 Å². The van der Waals surface area contributed by atoms with Crippen molar-refractivity contribution in [3.63, 3.8) is 0 Å². The second kappa shape index (κ2) is 9.78. The quantitative estimate of drug-likeness (QED) is 0.594. The number of halogens is 1. The zero-order valence-corrected chi connectivity index (χ0v) is 19.5. The molecule has 2 atom stereocenters. The molecule has 0 bridgehead atoms. The van der Waals surface area contributed by atoms with Gasteiger partial charge in [0.15, 0.2) is 11.5 Å². The molecule has 35 heavy (non-hydrogen) atoms. The number of carbonyl (C=O) groups is 2. The minimum absolute atomic E-state index is 0.0722. The summed E-state index contributed by atoms with van der Waals surface area (Å²) in [4.78, 5) is 28.2. The highest BCUT2D eigenvalue weighted by Gasteiger charge is 2.35. The molecule has 180 valence electrons. The van der Waals surface area contributed by atoms with E-state index in [1.807, 2.05) is 42.5 Å². The van der Waals surface area contributed by atoms with Gasteiger partial charge in [0.25, 0.3) is 5.91 Å². The maximum absolute atomic E-state index is 13.9. The van der Waals surface area contributed by atoms with Crippen LogP contribution in [0.1, 0.15) is 39.4 Å². The number of fused-ring (bicyclic) bond motifs is 1. The number of benzene rings is 3. The predicted molar refractivity (Wildman–Crippen MR) is 129 cm³/mol. The zero-order valence-electron chi connectivity index (χ0n) is 19.5. The van der Waals surface area contributed by atoms with Crippen LogP contribution in [0.4, 0.5) is 4.39 Å². The largest absolute Gasteiger partial charge is 0.454 e. The first kappa shape index (κ1) is 22.9. The van der Waals surface area contributed by atoms with Crippen molar-refractivity contribution in [1.82, 2.24) is 10.2 Å². The Kier molecular flexibility index (Phi) is 6.40. The Morgan fingerprint density at radius 3 is 2.60 bits per heavy atom. The monoisotopic (exact) mass is 474 g/mol. The lowest BCUT2D eigenvalue weighted by Gasteiger charge is -2.37. The summed E-state index contributed by atoms with van der Waals surface area (Å²) in [7, 11) is 0.